The molecular formula is C30H40NO4+. The van der Waals surface area contributed by atoms with Crippen molar-refractivity contribution in [3.63, 3.8) is 0 Å². The largest absolute Gasteiger partial charge is 0.493 e. The molecule has 2 aliphatic heterocycles. The molecule has 5 nitrogen and oxygen atoms in total. The first kappa shape index (κ1) is 25.2. The molecule has 5 heteroatoms. The number of hydrogen-bond donors (Lipinski definition) is 0. The summed E-state index contributed by atoms with van der Waals surface area (Å²) in [7, 11) is 6.79. The van der Waals surface area contributed by atoms with Crippen LogP contribution in [0.2, 0.25) is 0 Å². The van der Waals surface area contributed by atoms with Gasteiger partial charge in [0.05, 0.1) is 41.0 Å². The lowest BCUT2D eigenvalue weighted by Gasteiger charge is -2.45. The zero-order chi connectivity index (χ0) is 25.2. The highest BCUT2D eigenvalue weighted by Gasteiger charge is 2.46. The number of rotatable bonds is 8. The van der Waals surface area contributed by atoms with E-state index in [-0.39, 0.29) is 0 Å². The predicted octanol–water partition coefficient (Wildman–Crippen LogP) is 6.29. The first-order valence-electron chi connectivity index (χ1n) is 12.5. The van der Waals surface area contributed by atoms with Gasteiger partial charge in [0.1, 0.15) is 13.1 Å². The van der Waals surface area contributed by atoms with Gasteiger partial charge < -0.3 is 23.4 Å². The van der Waals surface area contributed by atoms with E-state index in [2.05, 4.69) is 51.1 Å². The molecule has 4 rings (SSSR count). The maximum atomic E-state index is 5.71. The first-order valence-corrected chi connectivity index (χ1v) is 12.5. The second kappa shape index (κ2) is 10.4. The van der Waals surface area contributed by atoms with Gasteiger partial charge in [0.2, 0.25) is 0 Å². The number of ether oxygens (including phenoxy) is 4. The molecule has 2 heterocycles. The minimum Gasteiger partial charge on any atom is -0.493 e. The highest BCUT2D eigenvalue weighted by atomic mass is 16.5. The van der Waals surface area contributed by atoms with E-state index >= 15 is 0 Å². The fraction of sp³-hybridized carbons (Fsp3) is 0.467. The van der Waals surface area contributed by atoms with Crippen molar-refractivity contribution < 1.29 is 23.4 Å². The van der Waals surface area contributed by atoms with Crippen LogP contribution in [-0.2, 0) is 0 Å². The topological polar surface area (TPSA) is 36.9 Å². The van der Waals surface area contributed by atoms with Gasteiger partial charge in [-0.1, -0.05) is 12.1 Å². The third-order valence-corrected chi connectivity index (χ3v) is 8.04. The third kappa shape index (κ3) is 4.66. The van der Waals surface area contributed by atoms with Crippen LogP contribution in [0.25, 0.3) is 11.1 Å². The lowest BCUT2D eigenvalue weighted by Crippen LogP contribution is -2.55. The van der Waals surface area contributed by atoms with Crippen LogP contribution >= 0.6 is 0 Å². The number of allylic oxidation sites excluding steroid dienone is 1. The van der Waals surface area contributed by atoms with Gasteiger partial charge in [-0.25, -0.2) is 0 Å². The molecule has 2 unspecified atom stereocenters. The molecule has 0 N–H and O–H groups in total. The van der Waals surface area contributed by atoms with Crippen LogP contribution in [0, 0.1) is 6.92 Å². The number of fused-ring (bicyclic) bond motifs is 1. The molecule has 2 aliphatic rings. The molecule has 1 saturated heterocycles. The van der Waals surface area contributed by atoms with E-state index in [1.165, 1.54) is 52.8 Å². The Morgan fingerprint density at radius 2 is 1.57 bits per heavy atom. The molecule has 0 amide bonds. The van der Waals surface area contributed by atoms with Crippen molar-refractivity contribution in [2.45, 2.75) is 46.1 Å². The van der Waals surface area contributed by atoms with Crippen LogP contribution in [0.3, 0.4) is 0 Å². The second-order valence-corrected chi connectivity index (χ2v) is 9.94. The van der Waals surface area contributed by atoms with Gasteiger partial charge in [0.25, 0.3) is 0 Å². The smallest absolute Gasteiger partial charge is 0.161 e. The van der Waals surface area contributed by atoms with Gasteiger partial charge in [0, 0.05) is 24.8 Å². The van der Waals surface area contributed by atoms with Gasteiger partial charge >= 0.3 is 0 Å². The Morgan fingerprint density at radius 1 is 0.914 bits per heavy atom. The van der Waals surface area contributed by atoms with Crippen LogP contribution in [0.1, 0.15) is 49.8 Å². The highest BCUT2D eigenvalue weighted by molar-refractivity contribution is 5.94. The van der Waals surface area contributed by atoms with Gasteiger partial charge in [-0.15, -0.1) is 0 Å². The number of hydrogen-bond acceptors (Lipinski definition) is 4. The Kier molecular flexibility index (Phi) is 7.46. The van der Waals surface area contributed by atoms with Crippen molar-refractivity contribution in [3.05, 3.63) is 58.7 Å². The van der Waals surface area contributed by atoms with Crippen molar-refractivity contribution in [2.24, 2.45) is 0 Å². The molecular weight excluding hydrogens is 438 g/mol. The quantitative estimate of drug-likeness (QED) is 0.330. The highest BCUT2D eigenvalue weighted by Crippen LogP contribution is 2.47. The van der Waals surface area contributed by atoms with Crippen molar-refractivity contribution >= 4 is 11.1 Å². The van der Waals surface area contributed by atoms with Crippen molar-refractivity contribution in [1.82, 2.24) is 0 Å². The fourth-order valence-electron chi connectivity index (χ4n) is 6.09. The van der Waals surface area contributed by atoms with Gasteiger partial charge in [-0.2, -0.15) is 0 Å². The summed E-state index contributed by atoms with van der Waals surface area (Å²) in [5.41, 5.74) is 7.93. The molecule has 0 bridgehead atoms. The van der Waals surface area contributed by atoms with Gasteiger partial charge in [-0.05, 0) is 72.9 Å². The standard InChI is InChI=1S/C30H40NO4/c1-8-20(2)18-31-13-9-10-23(31)16-25(24-17-30(35-7)28(33-5)14-21(24)3)26(19-31)22-11-12-27(32-4)29(15-22)34-6/h8,11-12,14-15,17,23H,9-10,13,16,18-19H2,1-7H3/q+1/b20-8+. The molecule has 2 atom stereocenters. The Morgan fingerprint density at radius 3 is 2.23 bits per heavy atom. The number of methoxy groups -OCH3 is 4. The molecule has 2 aromatic rings. The summed E-state index contributed by atoms with van der Waals surface area (Å²) in [5, 5.41) is 0. The molecule has 0 aromatic heterocycles. The summed E-state index contributed by atoms with van der Waals surface area (Å²) in [4.78, 5) is 0. The van der Waals surface area contributed by atoms with E-state index in [0.717, 1.165) is 47.0 Å². The zero-order valence-electron chi connectivity index (χ0n) is 22.4. The maximum absolute atomic E-state index is 5.71. The van der Waals surface area contributed by atoms with Crippen LogP contribution in [0.15, 0.2) is 42.0 Å². The van der Waals surface area contributed by atoms with E-state index in [4.69, 9.17) is 18.9 Å². The third-order valence-electron chi connectivity index (χ3n) is 8.04. The normalized spacial score (nSPS) is 22.1. The van der Waals surface area contributed by atoms with Crippen molar-refractivity contribution in [3.8, 4) is 23.0 Å². The molecule has 2 aromatic carbocycles. The lowest BCUT2D eigenvalue weighted by atomic mass is 9.82. The number of benzene rings is 2. The Balaban J connectivity index is 1.93. The average molecular weight is 479 g/mol. The SMILES string of the molecule is C/C=C(\C)C[N+]12CCCC1CC(c1cc(OC)c(OC)cc1C)=C(c1ccc(OC)c(OC)c1)C2. The lowest BCUT2D eigenvalue weighted by molar-refractivity contribution is -0.928. The van der Waals surface area contributed by atoms with Crippen LogP contribution in [-0.4, -0.2) is 58.6 Å². The molecule has 0 spiro atoms. The summed E-state index contributed by atoms with van der Waals surface area (Å²) in [5.74, 6) is 3.06. The van der Waals surface area contributed by atoms with Gasteiger partial charge in [0.15, 0.2) is 23.0 Å². The van der Waals surface area contributed by atoms with Crippen molar-refractivity contribution in [2.75, 3.05) is 48.1 Å². The van der Waals surface area contributed by atoms with E-state index in [1.54, 1.807) is 28.4 Å². The average Bonchev–Trinajstić information content (AvgIpc) is 3.29. The number of quaternary nitrogens is 1. The summed E-state index contributed by atoms with van der Waals surface area (Å²) in [6.07, 6.45) is 5.87. The number of aryl methyl sites for hydroxylation is 1. The molecule has 188 valence electrons. The summed E-state index contributed by atoms with van der Waals surface area (Å²) in [6.45, 7) is 9.95. The molecule has 0 radical (unpaired) electrons. The summed E-state index contributed by atoms with van der Waals surface area (Å²) in [6, 6.07) is 11.2. The predicted molar refractivity (Wildman–Crippen MR) is 143 cm³/mol. The van der Waals surface area contributed by atoms with Crippen molar-refractivity contribution in [1.29, 1.82) is 0 Å². The fourth-order valence-corrected chi connectivity index (χ4v) is 6.09. The molecule has 1 fully saturated rings. The Bertz CT molecular complexity index is 1150. The maximum Gasteiger partial charge on any atom is 0.161 e. The second-order valence-electron chi connectivity index (χ2n) is 9.94. The molecule has 0 aliphatic carbocycles. The minimum absolute atomic E-state index is 0.622. The Labute approximate surface area is 210 Å². The van der Waals surface area contributed by atoms with Crippen LogP contribution in [0.4, 0.5) is 0 Å². The van der Waals surface area contributed by atoms with E-state index in [1.807, 2.05) is 6.07 Å². The van der Waals surface area contributed by atoms with E-state index in [9.17, 15) is 0 Å². The molecule has 35 heavy (non-hydrogen) atoms. The van der Waals surface area contributed by atoms with E-state index in [0.29, 0.717) is 6.04 Å². The Hall–Kier alpha value is -2.92. The van der Waals surface area contributed by atoms with Gasteiger partial charge in [-0.3, -0.25) is 0 Å². The number of nitrogens with zero attached hydrogens (tertiary/aromatic N) is 1. The molecule has 0 saturated carbocycles. The van der Waals surface area contributed by atoms with Crippen LogP contribution < -0.4 is 18.9 Å². The summed E-state index contributed by atoms with van der Waals surface area (Å²) >= 11 is 0. The minimum atomic E-state index is 0.622. The zero-order valence-corrected chi connectivity index (χ0v) is 22.4. The monoisotopic (exact) mass is 478 g/mol. The first-order chi connectivity index (χ1) is 16.9. The van der Waals surface area contributed by atoms with E-state index < -0.39 is 0 Å². The summed E-state index contributed by atoms with van der Waals surface area (Å²) < 4.78 is 23.7. The van der Waals surface area contributed by atoms with Crippen LogP contribution in [0.5, 0.6) is 23.0 Å².